The summed E-state index contributed by atoms with van der Waals surface area (Å²) < 4.78 is 7.40. The highest BCUT2D eigenvalue weighted by atomic mass is 16.5. The van der Waals surface area contributed by atoms with Crippen LogP contribution in [0.5, 0.6) is 5.75 Å². The number of anilines is 1. The molecule has 0 unspecified atom stereocenters. The second kappa shape index (κ2) is 10.4. The summed E-state index contributed by atoms with van der Waals surface area (Å²) in [5.41, 5.74) is 2.54. The Morgan fingerprint density at radius 1 is 1.10 bits per heavy atom. The van der Waals surface area contributed by atoms with E-state index in [0.29, 0.717) is 36.9 Å². The van der Waals surface area contributed by atoms with E-state index >= 15 is 0 Å². The Morgan fingerprint density at radius 2 is 1.90 bits per heavy atom. The molecule has 2 heterocycles. The number of nitrogens with one attached hydrogen (secondary N) is 2. The fourth-order valence-electron chi connectivity index (χ4n) is 2.93. The molecule has 30 heavy (non-hydrogen) atoms. The van der Waals surface area contributed by atoms with Crippen LogP contribution < -0.4 is 15.4 Å². The van der Waals surface area contributed by atoms with Crippen LogP contribution in [0.25, 0.3) is 5.82 Å². The fraction of sp³-hybridized carbons (Fsp3) is 0.364. The quantitative estimate of drug-likeness (QED) is 0.500. The average molecular weight is 409 g/mol. The predicted octanol–water partition coefficient (Wildman–Crippen LogP) is 3.30. The van der Waals surface area contributed by atoms with Gasteiger partial charge in [0.25, 0.3) is 5.91 Å². The SMILES string of the molecule is CCCCOc1ccc(C(=O)NCCNc2cc(-n3nc(C)cc3C)ncn2)cc1. The molecule has 1 aromatic carbocycles. The summed E-state index contributed by atoms with van der Waals surface area (Å²) in [6.07, 6.45) is 3.61. The zero-order chi connectivity index (χ0) is 21.3. The van der Waals surface area contributed by atoms with Crippen LogP contribution in [-0.4, -0.2) is 45.4 Å². The van der Waals surface area contributed by atoms with Gasteiger partial charge in [0.1, 0.15) is 17.9 Å². The molecule has 0 aliphatic carbocycles. The molecule has 158 valence electrons. The first-order chi connectivity index (χ1) is 14.6. The van der Waals surface area contributed by atoms with Crippen molar-refractivity contribution in [2.45, 2.75) is 33.6 Å². The molecule has 0 atom stereocenters. The van der Waals surface area contributed by atoms with Gasteiger partial charge < -0.3 is 15.4 Å². The molecule has 1 amide bonds. The van der Waals surface area contributed by atoms with Gasteiger partial charge in [-0.25, -0.2) is 14.6 Å². The number of carbonyl (C=O) groups is 1. The summed E-state index contributed by atoms with van der Waals surface area (Å²) >= 11 is 0. The Morgan fingerprint density at radius 3 is 2.60 bits per heavy atom. The zero-order valence-electron chi connectivity index (χ0n) is 17.7. The van der Waals surface area contributed by atoms with Crippen molar-refractivity contribution in [1.82, 2.24) is 25.1 Å². The van der Waals surface area contributed by atoms with Crippen LogP contribution in [0.3, 0.4) is 0 Å². The van der Waals surface area contributed by atoms with Gasteiger partial charge in [-0.2, -0.15) is 5.10 Å². The second-order valence-electron chi connectivity index (χ2n) is 7.01. The van der Waals surface area contributed by atoms with Crippen LogP contribution in [-0.2, 0) is 0 Å². The Kier molecular flexibility index (Phi) is 7.37. The van der Waals surface area contributed by atoms with Crippen molar-refractivity contribution in [3.8, 4) is 11.6 Å². The lowest BCUT2D eigenvalue weighted by atomic mass is 10.2. The Bertz CT molecular complexity index is 968. The average Bonchev–Trinajstić information content (AvgIpc) is 3.10. The van der Waals surface area contributed by atoms with Crippen LogP contribution in [0.2, 0.25) is 0 Å². The van der Waals surface area contributed by atoms with Crippen molar-refractivity contribution < 1.29 is 9.53 Å². The van der Waals surface area contributed by atoms with Crippen LogP contribution >= 0.6 is 0 Å². The second-order valence-corrected chi connectivity index (χ2v) is 7.01. The number of benzene rings is 1. The molecule has 0 fully saturated rings. The number of rotatable bonds is 10. The van der Waals surface area contributed by atoms with Gasteiger partial charge in [0.15, 0.2) is 5.82 Å². The number of unbranched alkanes of at least 4 members (excludes halogenated alkanes) is 1. The van der Waals surface area contributed by atoms with Gasteiger partial charge in [0.05, 0.1) is 12.3 Å². The Balaban J connectivity index is 1.46. The molecule has 0 saturated carbocycles. The fourth-order valence-corrected chi connectivity index (χ4v) is 2.93. The first kappa shape index (κ1) is 21.3. The molecule has 0 radical (unpaired) electrons. The number of carbonyl (C=O) groups excluding carboxylic acids is 1. The first-order valence-corrected chi connectivity index (χ1v) is 10.2. The minimum Gasteiger partial charge on any atom is -0.494 e. The van der Waals surface area contributed by atoms with Crippen molar-refractivity contribution >= 4 is 11.7 Å². The first-order valence-electron chi connectivity index (χ1n) is 10.2. The summed E-state index contributed by atoms with van der Waals surface area (Å²) in [7, 11) is 0. The number of aromatic nitrogens is 4. The van der Waals surface area contributed by atoms with Crippen molar-refractivity contribution in [3.05, 3.63) is 59.7 Å². The molecule has 0 aliphatic heterocycles. The third-order valence-electron chi connectivity index (χ3n) is 4.48. The highest BCUT2D eigenvalue weighted by molar-refractivity contribution is 5.94. The maximum absolute atomic E-state index is 12.3. The molecule has 0 aliphatic rings. The number of ether oxygens (including phenoxy) is 1. The molecule has 8 heteroatoms. The summed E-state index contributed by atoms with van der Waals surface area (Å²) in [5, 5.41) is 10.5. The van der Waals surface area contributed by atoms with Gasteiger partial charge in [0.2, 0.25) is 0 Å². The highest BCUT2D eigenvalue weighted by Gasteiger charge is 2.07. The molecule has 8 nitrogen and oxygen atoms in total. The van der Waals surface area contributed by atoms with E-state index in [0.717, 1.165) is 30.0 Å². The van der Waals surface area contributed by atoms with Gasteiger partial charge in [0, 0.05) is 30.4 Å². The van der Waals surface area contributed by atoms with E-state index in [1.54, 1.807) is 16.8 Å². The lowest BCUT2D eigenvalue weighted by molar-refractivity contribution is 0.0955. The lowest BCUT2D eigenvalue weighted by Crippen LogP contribution is -2.28. The molecule has 3 aromatic rings. The van der Waals surface area contributed by atoms with Gasteiger partial charge in [-0.15, -0.1) is 0 Å². The van der Waals surface area contributed by atoms with Crippen LogP contribution in [0.1, 0.15) is 41.5 Å². The summed E-state index contributed by atoms with van der Waals surface area (Å²) in [6.45, 7) is 7.74. The predicted molar refractivity (Wildman–Crippen MR) is 116 cm³/mol. The van der Waals surface area contributed by atoms with Gasteiger partial charge >= 0.3 is 0 Å². The summed E-state index contributed by atoms with van der Waals surface area (Å²) in [4.78, 5) is 20.8. The molecular formula is C22H28N6O2. The Hall–Kier alpha value is -3.42. The topological polar surface area (TPSA) is 94.0 Å². The van der Waals surface area contributed by atoms with E-state index in [4.69, 9.17) is 4.74 Å². The van der Waals surface area contributed by atoms with Gasteiger partial charge in [-0.05, 0) is 50.6 Å². The third-order valence-corrected chi connectivity index (χ3v) is 4.48. The summed E-state index contributed by atoms with van der Waals surface area (Å²) in [5.74, 6) is 2.03. The van der Waals surface area contributed by atoms with E-state index in [9.17, 15) is 4.79 Å². The zero-order valence-corrected chi connectivity index (χ0v) is 17.7. The Labute approximate surface area is 176 Å². The number of aryl methyl sites for hydroxylation is 2. The molecule has 0 spiro atoms. The van der Waals surface area contributed by atoms with Crippen molar-refractivity contribution in [3.63, 3.8) is 0 Å². The molecule has 0 bridgehead atoms. The maximum atomic E-state index is 12.3. The smallest absolute Gasteiger partial charge is 0.251 e. The van der Waals surface area contributed by atoms with Crippen molar-refractivity contribution in [2.75, 3.05) is 25.0 Å². The van der Waals surface area contributed by atoms with E-state index in [-0.39, 0.29) is 5.91 Å². The van der Waals surface area contributed by atoms with E-state index < -0.39 is 0 Å². The number of hydrogen-bond donors (Lipinski definition) is 2. The highest BCUT2D eigenvalue weighted by Crippen LogP contribution is 2.13. The standard InChI is InChI=1S/C22H28N6O2/c1-4-5-12-30-19-8-6-18(7-9-19)22(29)24-11-10-23-20-14-21(26-15-25-20)28-17(3)13-16(2)27-28/h6-9,13-15H,4-5,10-12H2,1-3H3,(H,24,29)(H,23,25,26). The number of hydrogen-bond acceptors (Lipinski definition) is 6. The molecule has 2 aromatic heterocycles. The normalized spacial score (nSPS) is 10.6. The van der Waals surface area contributed by atoms with Gasteiger partial charge in [-0.1, -0.05) is 13.3 Å². The molecule has 2 N–H and O–H groups in total. The van der Waals surface area contributed by atoms with Crippen LogP contribution in [0.15, 0.2) is 42.7 Å². The molecular weight excluding hydrogens is 380 g/mol. The maximum Gasteiger partial charge on any atom is 0.251 e. The van der Waals surface area contributed by atoms with Gasteiger partial charge in [-0.3, -0.25) is 4.79 Å². The minimum absolute atomic E-state index is 0.122. The lowest BCUT2D eigenvalue weighted by Gasteiger charge is -2.10. The summed E-state index contributed by atoms with van der Waals surface area (Å²) in [6, 6.07) is 11.0. The minimum atomic E-state index is -0.122. The molecule has 0 saturated heterocycles. The van der Waals surface area contributed by atoms with Crippen LogP contribution in [0, 0.1) is 13.8 Å². The van der Waals surface area contributed by atoms with E-state index in [2.05, 4.69) is 32.6 Å². The molecule has 3 rings (SSSR count). The van der Waals surface area contributed by atoms with Crippen LogP contribution in [0.4, 0.5) is 5.82 Å². The van der Waals surface area contributed by atoms with Crippen molar-refractivity contribution in [2.24, 2.45) is 0 Å². The monoisotopic (exact) mass is 408 g/mol. The van der Waals surface area contributed by atoms with Crippen molar-refractivity contribution in [1.29, 1.82) is 0 Å². The largest absolute Gasteiger partial charge is 0.494 e. The number of nitrogens with zero attached hydrogens (tertiary/aromatic N) is 4. The number of amides is 1. The van der Waals surface area contributed by atoms with E-state index in [1.807, 2.05) is 38.1 Å². The third kappa shape index (κ3) is 5.79. The van der Waals surface area contributed by atoms with E-state index in [1.165, 1.54) is 6.33 Å².